The topological polar surface area (TPSA) is 88.2 Å². The van der Waals surface area contributed by atoms with Crippen molar-refractivity contribution in [2.24, 2.45) is 5.92 Å². The largest absolute Gasteiger partial charge is 0.388 e. The van der Waals surface area contributed by atoms with Crippen molar-refractivity contribution in [3.05, 3.63) is 11.7 Å². The van der Waals surface area contributed by atoms with Crippen LogP contribution in [-0.4, -0.2) is 33.3 Å². The van der Waals surface area contributed by atoms with Gasteiger partial charge in [0.15, 0.2) is 5.82 Å². The molecule has 1 heterocycles. The molecular formula is C14H23N3O3. The summed E-state index contributed by atoms with van der Waals surface area (Å²) in [5, 5.41) is 16.9. The number of rotatable bonds is 5. The maximum absolute atomic E-state index is 11.8. The van der Waals surface area contributed by atoms with Gasteiger partial charge in [0.1, 0.15) is 0 Å². The van der Waals surface area contributed by atoms with E-state index in [4.69, 9.17) is 4.52 Å². The molecule has 20 heavy (non-hydrogen) atoms. The molecule has 6 heteroatoms. The van der Waals surface area contributed by atoms with Crippen LogP contribution in [0, 0.1) is 12.8 Å². The second-order valence-corrected chi connectivity index (χ2v) is 5.92. The molecule has 1 aliphatic rings. The van der Waals surface area contributed by atoms with Crippen molar-refractivity contribution >= 4 is 5.91 Å². The van der Waals surface area contributed by atoms with E-state index in [1.54, 1.807) is 6.92 Å². The number of aryl methyl sites for hydroxylation is 2. The lowest BCUT2D eigenvalue weighted by molar-refractivity contribution is -0.122. The quantitative estimate of drug-likeness (QED) is 0.851. The smallest absolute Gasteiger partial charge is 0.227 e. The predicted molar refractivity (Wildman–Crippen MR) is 72.9 cm³/mol. The van der Waals surface area contributed by atoms with Gasteiger partial charge in [0.05, 0.1) is 5.60 Å². The van der Waals surface area contributed by atoms with Crippen molar-refractivity contribution in [1.29, 1.82) is 0 Å². The summed E-state index contributed by atoms with van der Waals surface area (Å²) in [7, 11) is 0. The fourth-order valence-corrected chi connectivity index (χ4v) is 2.49. The summed E-state index contributed by atoms with van der Waals surface area (Å²) in [6.07, 6.45) is 4.30. The Morgan fingerprint density at radius 1 is 1.50 bits per heavy atom. The van der Waals surface area contributed by atoms with Crippen molar-refractivity contribution < 1.29 is 14.4 Å². The molecule has 0 bridgehead atoms. The van der Waals surface area contributed by atoms with Crippen molar-refractivity contribution in [3.63, 3.8) is 0 Å². The van der Waals surface area contributed by atoms with Crippen LogP contribution < -0.4 is 5.32 Å². The average Bonchev–Trinajstić information content (AvgIpc) is 2.84. The van der Waals surface area contributed by atoms with Crippen molar-refractivity contribution in [2.45, 2.75) is 58.0 Å². The van der Waals surface area contributed by atoms with E-state index in [9.17, 15) is 9.90 Å². The van der Waals surface area contributed by atoms with Gasteiger partial charge in [0, 0.05) is 19.4 Å². The highest BCUT2D eigenvalue weighted by molar-refractivity contribution is 5.76. The fraction of sp³-hybridized carbons (Fsp3) is 0.786. The van der Waals surface area contributed by atoms with Crippen LogP contribution in [0.5, 0.6) is 0 Å². The van der Waals surface area contributed by atoms with Crippen LogP contribution in [0.25, 0.3) is 0 Å². The molecule has 1 saturated carbocycles. The Kier molecular flexibility index (Phi) is 4.75. The summed E-state index contributed by atoms with van der Waals surface area (Å²) in [4.78, 5) is 15.8. The molecule has 0 spiro atoms. The summed E-state index contributed by atoms with van der Waals surface area (Å²) in [5.74, 6) is 1.63. The lowest BCUT2D eigenvalue weighted by Gasteiger charge is -2.34. The Bertz CT molecular complexity index is 450. The molecule has 1 aromatic rings. The number of amides is 1. The lowest BCUT2D eigenvalue weighted by Crippen LogP contribution is -2.45. The molecule has 2 rings (SSSR count). The Morgan fingerprint density at radius 3 is 2.80 bits per heavy atom. The van der Waals surface area contributed by atoms with Gasteiger partial charge in [-0.05, 0) is 38.5 Å². The number of carbonyl (C=O) groups excluding carboxylic acids is 1. The molecule has 1 aromatic heterocycles. The highest BCUT2D eigenvalue weighted by atomic mass is 16.5. The fourth-order valence-electron chi connectivity index (χ4n) is 2.49. The van der Waals surface area contributed by atoms with E-state index in [1.165, 1.54) is 0 Å². The molecule has 0 atom stereocenters. The summed E-state index contributed by atoms with van der Waals surface area (Å²) < 4.78 is 4.95. The normalized spacial score (nSPS) is 26.4. The molecular weight excluding hydrogens is 258 g/mol. The maximum atomic E-state index is 11.8. The molecule has 1 aliphatic carbocycles. The van der Waals surface area contributed by atoms with Gasteiger partial charge >= 0.3 is 0 Å². The van der Waals surface area contributed by atoms with Gasteiger partial charge in [0.2, 0.25) is 11.8 Å². The predicted octanol–water partition coefficient (Wildman–Crippen LogP) is 1.37. The average molecular weight is 281 g/mol. The third kappa shape index (κ3) is 4.30. The number of hydrogen-bond acceptors (Lipinski definition) is 5. The van der Waals surface area contributed by atoms with Gasteiger partial charge in [-0.1, -0.05) is 12.1 Å². The van der Waals surface area contributed by atoms with E-state index in [0.29, 0.717) is 37.0 Å². The third-order valence-corrected chi connectivity index (χ3v) is 3.96. The Labute approximate surface area is 118 Å². The van der Waals surface area contributed by atoms with Crippen LogP contribution in [-0.2, 0) is 11.2 Å². The van der Waals surface area contributed by atoms with Gasteiger partial charge in [0.25, 0.3) is 0 Å². The second-order valence-electron chi connectivity index (χ2n) is 5.92. The summed E-state index contributed by atoms with van der Waals surface area (Å²) in [6, 6.07) is 0. The molecule has 0 aliphatic heterocycles. The SMILES string of the molecule is Cc1noc(CCC(=O)NCC2(O)CCC(C)CC2)n1. The number of aromatic nitrogens is 2. The first-order valence-corrected chi connectivity index (χ1v) is 7.25. The molecule has 6 nitrogen and oxygen atoms in total. The summed E-state index contributed by atoms with van der Waals surface area (Å²) in [6.45, 7) is 4.28. The van der Waals surface area contributed by atoms with Crippen molar-refractivity contribution in [1.82, 2.24) is 15.5 Å². The van der Waals surface area contributed by atoms with Gasteiger partial charge in [-0.15, -0.1) is 0 Å². The minimum atomic E-state index is -0.733. The summed E-state index contributed by atoms with van der Waals surface area (Å²) in [5.41, 5.74) is -0.733. The zero-order chi connectivity index (χ0) is 14.6. The second kappa shape index (κ2) is 6.35. The van der Waals surface area contributed by atoms with Crippen LogP contribution in [0.3, 0.4) is 0 Å². The monoisotopic (exact) mass is 281 g/mol. The van der Waals surface area contributed by atoms with E-state index in [1.807, 2.05) is 0 Å². The molecule has 0 unspecified atom stereocenters. The molecule has 1 fully saturated rings. The summed E-state index contributed by atoms with van der Waals surface area (Å²) >= 11 is 0. The number of carbonyl (C=O) groups is 1. The maximum Gasteiger partial charge on any atom is 0.227 e. The van der Waals surface area contributed by atoms with Crippen LogP contribution in [0.2, 0.25) is 0 Å². The Hall–Kier alpha value is -1.43. The van der Waals surface area contributed by atoms with E-state index in [0.717, 1.165) is 25.7 Å². The van der Waals surface area contributed by atoms with E-state index >= 15 is 0 Å². The minimum absolute atomic E-state index is 0.0899. The first-order valence-electron chi connectivity index (χ1n) is 7.25. The van der Waals surface area contributed by atoms with Crippen LogP contribution >= 0.6 is 0 Å². The zero-order valence-corrected chi connectivity index (χ0v) is 12.2. The first kappa shape index (κ1) is 15.0. The van der Waals surface area contributed by atoms with Crippen molar-refractivity contribution in [3.8, 4) is 0 Å². The molecule has 112 valence electrons. The lowest BCUT2D eigenvalue weighted by atomic mass is 9.79. The Balaban J connectivity index is 1.69. The van der Waals surface area contributed by atoms with Gasteiger partial charge < -0.3 is 14.9 Å². The molecule has 0 saturated heterocycles. The highest BCUT2D eigenvalue weighted by Crippen LogP contribution is 2.31. The minimum Gasteiger partial charge on any atom is -0.388 e. The van der Waals surface area contributed by atoms with Crippen LogP contribution in [0.1, 0.15) is 50.7 Å². The van der Waals surface area contributed by atoms with E-state index in [-0.39, 0.29) is 5.91 Å². The number of nitrogens with one attached hydrogen (secondary N) is 1. The number of nitrogens with zero attached hydrogens (tertiary/aromatic N) is 2. The first-order chi connectivity index (χ1) is 9.47. The molecule has 0 aromatic carbocycles. The van der Waals surface area contributed by atoms with Gasteiger partial charge in [-0.3, -0.25) is 4.79 Å². The Morgan fingerprint density at radius 2 is 2.20 bits per heavy atom. The van der Waals surface area contributed by atoms with Gasteiger partial charge in [-0.25, -0.2) is 0 Å². The van der Waals surface area contributed by atoms with Crippen LogP contribution in [0.4, 0.5) is 0 Å². The molecule has 2 N–H and O–H groups in total. The molecule has 0 radical (unpaired) electrons. The standard InChI is InChI=1S/C14H23N3O3/c1-10-5-7-14(19,8-6-10)9-15-12(18)3-4-13-16-11(2)17-20-13/h10,19H,3-9H2,1-2H3,(H,15,18). The number of hydrogen-bond donors (Lipinski definition) is 2. The third-order valence-electron chi connectivity index (χ3n) is 3.96. The highest BCUT2D eigenvalue weighted by Gasteiger charge is 2.31. The number of aliphatic hydroxyl groups is 1. The zero-order valence-electron chi connectivity index (χ0n) is 12.2. The molecule has 1 amide bonds. The van der Waals surface area contributed by atoms with Gasteiger partial charge in [-0.2, -0.15) is 4.98 Å². The van der Waals surface area contributed by atoms with Crippen LogP contribution in [0.15, 0.2) is 4.52 Å². The van der Waals surface area contributed by atoms with E-state index in [2.05, 4.69) is 22.4 Å². The van der Waals surface area contributed by atoms with Crippen molar-refractivity contribution in [2.75, 3.05) is 6.54 Å². The van der Waals surface area contributed by atoms with E-state index < -0.39 is 5.60 Å².